The van der Waals surface area contributed by atoms with Crippen molar-refractivity contribution < 1.29 is 4.74 Å². The van der Waals surface area contributed by atoms with Crippen LogP contribution < -0.4 is 10.1 Å². The number of benzene rings is 1. The average Bonchev–Trinajstić information content (AvgIpc) is 3.53. The van der Waals surface area contributed by atoms with E-state index in [1.807, 2.05) is 54.2 Å². The summed E-state index contributed by atoms with van der Waals surface area (Å²) < 4.78 is 9.73. The van der Waals surface area contributed by atoms with E-state index in [-0.39, 0.29) is 0 Å². The second-order valence-corrected chi connectivity index (χ2v) is 9.28. The van der Waals surface area contributed by atoms with E-state index >= 15 is 0 Å². The van der Waals surface area contributed by atoms with Crippen molar-refractivity contribution in [1.29, 1.82) is 0 Å². The Morgan fingerprint density at radius 2 is 1.86 bits per heavy atom. The Labute approximate surface area is 210 Å². The van der Waals surface area contributed by atoms with Crippen LogP contribution in [0.3, 0.4) is 0 Å². The molecule has 0 saturated carbocycles. The molecule has 0 saturated heterocycles. The quantitative estimate of drug-likeness (QED) is 0.223. The molecule has 0 aliphatic heterocycles. The van der Waals surface area contributed by atoms with E-state index in [9.17, 15) is 0 Å². The first-order chi connectivity index (χ1) is 17.6. The molecule has 4 heterocycles. The lowest BCUT2D eigenvalue weighted by Gasteiger charge is -2.19. The van der Waals surface area contributed by atoms with Gasteiger partial charge in [-0.15, -0.1) is 6.58 Å². The van der Waals surface area contributed by atoms with Crippen LogP contribution in [0.1, 0.15) is 50.2 Å². The molecule has 8 heteroatoms. The number of aromatic nitrogens is 6. The van der Waals surface area contributed by atoms with Crippen LogP contribution in [0.5, 0.6) is 11.5 Å². The van der Waals surface area contributed by atoms with Gasteiger partial charge in [0, 0.05) is 24.1 Å². The van der Waals surface area contributed by atoms with E-state index in [4.69, 9.17) is 4.74 Å². The second-order valence-electron chi connectivity index (χ2n) is 9.28. The maximum absolute atomic E-state index is 6.13. The molecule has 1 N–H and O–H groups in total. The molecule has 0 amide bonds. The minimum Gasteiger partial charge on any atom is -0.457 e. The van der Waals surface area contributed by atoms with Gasteiger partial charge in [0.15, 0.2) is 11.5 Å². The van der Waals surface area contributed by atoms with Crippen molar-refractivity contribution in [3.8, 4) is 11.5 Å². The molecule has 1 aromatic carbocycles. The maximum atomic E-state index is 6.13. The van der Waals surface area contributed by atoms with Crippen molar-refractivity contribution in [3.63, 3.8) is 0 Å². The number of hydrogen-bond acceptors (Lipinski definition) is 6. The number of allylic oxidation sites excluding steroid dienone is 1. The van der Waals surface area contributed by atoms with Crippen LogP contribution in [-0.4, -0.2) is 29.2 Å². The zero-order valence-electron chi connectivity index (χ0n) is 20.9. The molecule has 184 valence electrons. The maximum Gasteiger partial charge on any atom is 0.158 e. The first-order valence-electron chi connectivity index (χ1n) is 12.3. The Morgan fingerprint density at radius 3 is 2.67 bits per heavy atom. The third-order valence-corrected chi connectivity index (χ3v) is 6.68. The Balaban J connectivity index is 1.41. The van der Waals surface area contributed by atoms with Crippen LogP contribution in [0.4, 0.5) is 11.5 Å². The Kier molecular flexibility index (Phi) is 6.66. The molecule has 0 bridgehead atoms. The first-order valence-corrected chi connectivity index (χ1v) is 12.3. The SMILES string of the molecule is C=CCC(CC(C)CC)c1ccn2ncnc(Nc3ccc(Oc4ccn5ncnc5c4)c(C)c3)c12. The summed E-state index contributed by atoms with van der Waals surface area (Å²) in [5.41, 5.74) is 4.93. The number of hydrogen-bond donors (Lipinski definition) is 1. The Hall–Kier alpha value is -4.20. The minimum atomic E-state index is 0.370. The summed E-state index contributed by atoms with van der Waals surface area (Å²) in [7, 11) is 0. The highest BCUT2D eigenvalue weighted by molar-refractivity contribution is 5.77. The molecule has 0 aliphatic carbocycles. The number of anilines is 2. The molecule has 2 unspecified atom stereocenters. The summed E-state index contributed by atoms with van der Waals surface area (Å²) in [5, 5.41) is 12.1. The van der Waals surface area contributed by atoms with Crippen LogP contribution in [0, 0.1) is 12.8 Å². The third kappa shape index (κ3) is 4.79. The zero-order chi connectivity index (χ0) is 25.1. The lowest BCUT2D eigenvalue weighted by Crippen LogP contribution is -2.06. The number of pyridine rings is 1. The standard InChI is InChI=1S/C28H31N7O/c1-5-7-21(14-19(3)6-2)24-11-13-35-27(24)28(30-18-32-35)33-22-8-9-25(20(4)15-22)36-23-10-12-34-26(16-23)29-17-31-34/h5,8-13,15-19,21H,1,6-7,14H2,2-4H3,(H,30,32,33). The monoisotopic (exact) mass is 481 g/mol. The van der Waals surface area contributed by atoms with E-state index < -0.39 is 0 Å². The Morgan fingerprint density at radius 1 is 1.06 bits per heavy atom. The number of aryl methyl sites for hydroxylation is 1. The van der Waals surface area contributed by atoms with Gasteiger partial charge in [0.25, 0.3) is 0 Å². The first kappa shape index (κ1) is 23.5. The molecule has 0 radical (unpaired) electrons. The fourth-order valence-electron chi connectivity index (χ4n) is 4.57. The fourth-order valence-corrected chi connectivity index (χ4v) is 4.57. The van der Waals surface area contributed by atoms with Gasteiger partial charge in [0.2, 0.25) is 0 Å². The van der Waals surface area contributed by atoms with Crippen LogP contribution >= 0.6 is 0 Å². The lowest BCUT2D eigenvalue weighted by atomic mass is 9.86. The van der Waals surface area contributed by atoms with Crippen LogP contribution in [0.2, 0.25) is 0 Å². The number of ether oxygens (including phenoxy) is 1. The molecule has 5 aromatic rings. The summed E-state index contributed by atoms with van der Waals surface area (Å²) in [6.07, 6.45) is 12.1. The highest BCUT2D eigenvalue weighted by atomic mass is 16.5. The van der Waals surface area contributed by atoms with Gasteiger partial charge in [-0.2, -0.15) is 10.2 Å². The van der Waals surface area contributed by atoms with Crippen molar-refractivity contribution in [2.45, 2.75) is 46.0 Å². The van der Waals surface area contributed by atoms with Crippen molar-refractivity contribution in [2.75, 3.05) is 5.32 Å². The van der Waals surface area contributed by atoms with Crippen LogP contribution in [-0.2, 0) is 0 Å². The number of fused-ring (bicyclic) bond motifs is 2. The second kappa shape index (κ2) is 10.2. The minimum absolute atomic E-state index is 0.370. The summed E-state index contributed by atoms with van der Waals surface area (Å²) in [4.78, 5) is 8.82. The third-order valence-electron chi connectivity index (χ3n) is 6.68. The highest BCUT2D eigenvalue weighted by Gasteiger charge is 2.20. The van der Waals surface area contributed by atoms with E-state index in [0.29, 0.717) is 17.6 Å². The summed E-state index contributed by atoms with van der Waals surface area (Å²) in [6, 6.07) is 11.9. The van der Waals surface area contributed by atoms with Gasteiger partial charge in [-0.25, -0.2) is 19.0 Å². The summed E-state index contributed by atoms with van der Waals surface area (Å²) in [5.74, 6) is 3.28. The number of nitrogens with one attached hydrogen (secondary N) is 1. The molecule has 0 aliphatic rings. The smallest absolute Gasteiger partial charge is 0.158 e. The van der Waals surface area contributed by atoms with Gasteiger partial charge in [-0.05, 0) is 73.1 Å². The van der Waals surface area contributed by atoms with E-state index in [2.05, 4.69) is 58.0 Å². The van der Waals surface area contributed by atoms with Crippen LogP contribution in [0.25, 0.3) is 11.2 Å². The van der Waals surface area contributed by atoms with E-state index in [1.54, 1.807) is 10.8 Å². The van der Waals surface area contributed by atoms with Gasteiger partial charge < -0.3 is 10.1 Å². The molecular weight excluding hydrogens is 450 g/mol. The van der Waals surface area contributed by atoms with E-state index in [0.717, 1.165) is 53.2 Å². The Bertz CT molecular complexity index is 1500. The molecule has 36 heavy (non-hydrogen) atoms. The number of nitrogens with zero attached hydrogens (tertiary/aromatic N) is 6. The zero-order valence-corrected chi connectivity index (χ0v) is 20.9. The summed E-state index contributed by atoms with van der Waals surface area (Å²) >= 11 is 0. The number of rotatable bonds is 10. The van der Waals surface area contributed by atoms with Gasteiger partial charge in [0.05, 0.1) is 0 Å². The highest BCUT2D eigenvalue weighted by Crippen LogP contribution is 2.35. The predicted molar refractivity (Wildman–Crippen MR) is 142 cm³/mol. The largest absolute Gasteiger partial charge is 0.457 e. The fraction of sp³-hybridized carbons (Fsp3) is 0.286. The average molecular weight is 482 g/mol. The molecule has 4 aromatic heterocycles. The van der Waals surface area contributed by atoms with Gasteiger partial charge >= 0.3 is 0 Å². The topological polar surface area (TPSA) is 81.6 Å². The van der Waals surface area contributed by atoms with Crippen molar-refractivity contribution in [1.82, 2.24) is 29.2 Å². The van der Waals surface area contributed by atoms with E-state index in [1.165, 1.54) is 11.9 Å². The molecule has 0 spiro atoms. The molecular formula is C28H31N7O. The predicted octanol–water partition coefficient (Wildman–Crippen LogP) is 6.71. The summed E-state index contributed by atoms with van der Waals surface area (Å²) in [6.45, 7) is 10.6. The van der Waals surface area contributed by atoms with Crippen molar-refractivity contribution >= 4 is 22.7 Å². The van der Waals surface area contributed by atoms with Gasteiger partial charge in [-0.3, -0.25) is 0 Å². The normalized spacial score (nSPS) is 13.1. The van der Waals surface area contributed by atoms with Crippen molar-refractivity contribution in [3.05, 3.63) is 85.2 Å². The van der Waals surface area contributed by atoms with Crippen LogP contribution in [0.15, 0.2) is 74.1 Å². The van der Waals surface area contributed by atoms with Gasteiger partial charge in [-0.1, -0.05) is 26.3 Å². The van der Waals surface area contributed by atoms with Gasteiger partial charge in [0.1, 0.15) is 29.7 Å². The lowest BCUT2D eigenvalue weighted by molar-refractivity contribution is 0.457. The molecule has 8 nitrogen and oxygen atoms in total. The molecule has 5 rings (SSSR count). The van der Waals surface area contributed by atoms with Crippen molar-refractivity contribution in [2.24, 2.45) is 5.92 Å². The molecule has 2 atom stereocenters. The molecule has 0 fully saturated rings.